The molecule has 0 aromatic heterocycles. The van der Waals surface area contributed by atoms with E-state index in [-0.39, 0.29) is 28.0 Å². The van der Waals surface area contributed by atoms with Crippen LogP contribution in [0.2, 0.25) is 0 Å². The van der Waals surface area contributed by atoms with Crippen LogP contribution < -0.4 is 5.32 Å². The Balaban J connectivity index is 2.26. The molecule has 3 rings (SSSR count). The third kappa shape index (κ3) is 1.37. The highest BCUT2D eigenvalue weighted by molar-refractivity contribution is 5.40. The van der Waals surface area contributed by atoms with Crippen LogP contribution in [-0.2, 0) is 10.3 Å². The molecule has 0 radical (unpaired) electrons. The van der Waals surface area contributed by atoms with Crippen molar-refractivity contribution in [2.45, 2.75) is 58.2 Å². The number of benzene rings is 1. The van der Waals surface area contributed by atoms with Crippen LogP contribution in [0.25, 0.3) is 0 Å². The molecule has 2 heteroatoms. The van der Waals surface area contributed by atoms with Crippen LogP contribution in [0.1, 0.15) is 46.6 Å². The smallest absolute Gasteiger partial charge is 0.0822 e. The lowest BCUT2D eigenvalue weighted by atomic mass is 9.51. The molecule has 1 aromatic carbocycles. The number of ether oxygens (including phenoxy) is 1. The molecule has 2 bridgehead atoms. The van der Waals surface area contributed by atoms with Gasteiger partial charge in [-0.15, -0.1) is 0 Å². The van der Waals surface area contributed by atoms with Gasteiger partial charge in [0, 0.05) is 18.1 Å². The Morgan fingerprint density at radius 3 is 2.20 bits per heavy atom. The number of methoxy groups -OCH3 is 1. The van der Waals surface area contributed by atoms with E-state index in [4.69, 9.17) is 4.74 Å². The molecule has 2 nitrogen and oxygen atoms in total. The molecule has 1 aromatic rings. The predicted molar refractivity (Wildman–Crippen MR) is 82.6 cm³/mol. The second kappa shape index (κ2) is 3.86. The van der Waals surface area contributed by atoms with E-state index in [1.807, 2.05) is 7.11 Å². The van der Waals surface area contributed by atoms with E-state index in [9.17, 15) is 0 Å². The summed E-state index contributed by atoms with van der Waals surface area (Å²) < 4.78 is 5.94. The minimum Gasteiger partial charge on any atom is -0.379 e. The Morgan fingerprint density at radius 1 is 1.05 bits per heavy atom. The van der Waals surface area contributed by atoms with E-state index >= 15 is 0 Å². The standard InChI is InChI=1S/C18H27NO/c1-15(2)12-17(5)14(20-6)16(3,4)18(15,19-17)13-10-8-7-9-11-13/h7-11,14,19H,12H2,1-6H3. The van der Waals surface area contributed by atoms with Gasteiger partial charge in [0.05, 0.1) is 11.6 Å². The van der Waals surface area contributed by atoms with Crippen LogP contribution in [0.15, 0.2) is 30.3 Å². The summed E-state index contributed by atoms with van der Waals surface area (Å²) in [6.45, 7) is 11.8. The predicted octanol–water partition coefficient (Wildman–Crippen LogP) is 3.71. The molecule has 0 aliphatic carbocycles. The molecule has 2 heterocycles. The zero-order chi connectivity index (χ0) is 14.8. The number of hydrogen-bond donors (Lipinski definition) is 1. The van der Waals surface area contributed by atoms with Gasteiger partial charge in [0.15, 0.2) is 0 Å². The average molecular weight is 273 g/mol. The van der Waals surface area contributed by atoms with Crippen molar-refractivity contribution in [1.29, 1.82) is 0 Å². The Morgan fingerprint density at radius 2 is 1.65 bits per heavy atom. The fourth-order valence-corrected chi connectivity index (χ4v) is 5.95. The summed E-state index contributed by atoms with van der Waals surface area (Å²) in [5.41, 5.74) is 1.62. The molecule has 0 saturated carbocycles. The molecule has 2 aliphatic heterocycles. The van der Waals surface area contributed by atoms with Crippen molar-refractivity contribution in [3.8, 4) is 0 Å². The Bertz CT molecular complexity index is 521. The van der Waals surface area contributed by atoms with E-state index in [0.29, 0.717) is 0 Å². The third-order valence-electron chi connectivity index (χ3n) is 5.94. The summed E-state index contributed by atoms with van der Waals surface area (Å²) in [6.07, 6.45) is 1.36. The molecule has 0 amide bonds. The molecule has 0 spiro atoms. The monoisotopic (exact) mass is 273 g/mol. The quantitative estimate of drug-likeness (QED) is 0.887. The van der Waals surface area contributed by atoms with Gasteiger partial charge in [0.1, 0.15) is 0 Å². The third-order valence-corrected chi connectivity index (χ3v) is 5.94. The van der Waals surface area contributed by atoms with Gasteiger partial charge in [-0.2, -0.15) is 0 Å². The van der Waals surface area contributed by atoms with Crippen molar-refractivity contribution < 1.29 is 4.74 Å². The minimum absolute atomic E-state index is 0.0393. The second-order valence-corrected chi connectivity index (χ2v) is 8.06. The van der Waals surface area contributed by atoms with E-state index in [0.717, 1.165) is 6.42 Å². The first-order chi connectivity index (χ1) is 9.21. The Kier molecular flexibility index (Phi) is 2.72. The normalized spacial score (nSPS) is 41.0. The lowest BCUT2D eigenvalue weighted by molar-refractivity contribution is -0.0882. The average Bonchev–Trinajstić information content (AvgIpc) is 2.68. The lowest BCUT2D eigenvalue weighted by Gasteiger charge is -2.54. The number of hydrogen-bond acceptors (Lipinski definition) is 2. The van der Waals surface area contributed by atoms with Gasteiger partial charge in [0.2, 0.25) is 0 Å². The summed E-state index contributed by atoms with van der Waals surface area (Å²) in [5, 5.41) is 3.99. The van der Waals surface area contributed by atoms with Gasteiger partial charge >= 0.3 is 0 Å². The molecule has 2 saturated heterocycles. The van der Waals surface area contributed by atoms with Crippen molar-refractivity contribution in [2.24, 2.45) is 10.8 Å². The summed E-state index contributed by atoms with van der Waals surface area (Å²) in [4.78, 5) is 0. The molecule has 2 aliphatic rings. The minimum atomic E-state index is -0.0450. The van der Waals surface area contributed by atoms with Crippen LogP contribution in [0.4, 0.5) is 0 Å². The molecule has 3 unspecified atom stereocenters. The highest BCUT2D eigenvalue weighted by Gasteiger charge is 2.75. The first-order valence-electron chi connectivity index (χ1n) is 7.59. The fraction of sp³-hybridized carbons (Fsp3) is 0.667. The van der Waals surface area contributed by atoms with Gasteiger partial charge < -0.3 is 4.74 Å². The van der Waals surface area contributed by atoms with E-state index in [1.54, 1.807) is 0 Å². The van der Waals surface area contributed by atoms with Gasteiger partial charge in [0.25, 0.3) is 0 Å². The maximum atomic E-state index is 5.94. The van der Waals surface area contributed by atoms with Crippen molar-refractivity contribution in [3.05, 3.63) is 35.9 Å². The fourth-order valence-electron chi connectivity index (χ4n) is 5.95. The SMILES string of the molecule is COC1C2(C)CC(C)(C)C(c3ccccc3)(N2)C1(C)C. The number of fused-ring (bicyclic) bond motifs is 2. The van der Waals surface area contributed by atoms with Crippen LogP contribution in [0, 0.1) is 10.8 Å². The van der Waals surface area contributed by atoms with E-state index < -0.39 is 0 Å². The molecule has 2 fully saturated rings. The first kappa shape index (κ1) is 14.1. The highest BCUT2D eigenvalue weighted by atomic mass is 16.5. The van der Waals surface area contributed by atoms with Crippen LogP contribution in [-0.4, -0.2) is 18.8 Å². The van der Waals surface area contributed by atoms with Crippen molar-refractivity contribution >= 4 is 0 Å². The van der Waals surface area contributed by atoms with Crippen LogP contribution in [0.3, 0.4) is 0 Å². The maximum Gasteiger partial charge on any atom is 0.0822 e. The first-order valence-corrected chi connectivity index (χ1v) is 7.59. The molecular formula is C18H27NO. The highest BCUT2D eigenvalue weighted by Crippen LogP contribution is 2.68. The van der Waals surface area contributed by atoms with Crippen LogP contribution >= 0.6 is 0 Å². The second-order valence-electron chi connectivity index (χ2n) is 8.06. The molecular weight excluding hydrogens is 246 g/mol. The number of rotatable bonds is 2. The molecule has 110 valence electrons. The van der Waals surface area contributed by atoms with Crippen molar-refractivity contribution in [3.63, 3.8) is 0 Å². The summed E-state index contributed by atoms with van der Waals surface area (Å²) in [5.74, 6) is 0. The zero-order valence-corrected chi connectivity index (χ0v) is 13.6. The molecule has 20 heavy (non-hydrogen) atoms. The number of nitrogens with one attached hydrogen (secondary N) is 1. The Hall–Kier alpha value is -0.860. The van der Waals surface area contributed by atoms with Gasteiger partial charge in [-0.25, -0.2) is 0 Å². The summed E-state index contributed by atoms with van der Waals surface area (Å²) >= 11 is 0. The van der Waals surface area contributed by atoms with E-state index in [1.165, 1.54) is 5.56 Å². The zero-order valence-electron chi connectivity index (χ0n) is 13.6. The van der Waals surface area contributed by atoms with Gasteiger partial charge in [-0.3, -0.25) is 5.32 Å². The maximum absolute atomic E-state index is 5.94. The van der Waals surface area contributed by atoms with Gasteiger partial charge in [-0.1, -0.05) is 58.0 Å². The van der Waals surface area contributed by atoms with Gasteiger partial charge in [-0.05, 0) is 24.3 Å². The van der Waals surface area contributed by atoms with Crippen molar-refractivity contribution in [2.75, 3.05) is 7.11 Å². The summed E-state index contributed by atoms with van der Waals surface area (Å²) in [6, 6.07) is 10.9. The Labute approximate surface area is 122 Å². The summed E-state index contributed by atoms with van der Waals surface area (Å²) in [7, 11) is 1.85. The molecule has 3 atom stereocenters. The lowest BCUT2D eigenvalue weighted by Crippen LogP contribution is -2.58. The van der Waals surface area contributed by atoms with Crippen molar-refractivity contribution in [1.82, 2.24) is 5.32 Å². The van der Waals surface area contributed by atoms with E-state index in [2.05, 4.69) is 70.3 Å². The van der Waals surface area contributed by atoms with Crippen LogP contribution in [0.5, 0.6) is 0 Å². The topological polar surface area (TPSA) is 21.3 Å². The largest absolute Gasteiger partial charge is 0.379 e. The molecule has 1 N–H and O–H groups in total.